The zero-order valence-corrected chi connectivity index (χ0v) is 15.8. The number of aliphatic imine (C=N–C) groups is 1. The molecule has 21 heavy (non-hydrogen) atoms. The predicted molar refractivity (Wildman–Crippen MR) is 93.3 cm³/mol. The molecule has 0 atom stereocenters. The number of amidine groups is 1. The SMILES string of the molecule is CN=C(N)c1c[c]([Sn]([CH3])([CH3])[CH3])cc2c1oc1ccccc12. The minimum atomic E-state index is -2.22. The zero-order chi connectivity index (χ0) is 15.2. The van der Waals surface area contributed by atoms with E-state index in [4.69, 9.17) is 10.2 Å². The Hall–Kier alpha value is -1.49. The van der Waals surface area contributed by atoms with Crippen LogP contribution in [0.4, 0.5) is 0 Å². The van der Waals surface area contributed by atoms with Crippen molar-refractivity contribution in [2.75, 3.05) is 7.05 Å². The summed E-state index contributed by atoms with van der Waals surface area (Å²) in [4.78, 5) is 11.4. The van der Waals surface area contributed by atoms with E-state index in [9.17, 15) is 0 Å². The van der Waals surface area contributed by atoms with E-state index in [2.05, 4.69) is 38.0 Å². The van der Waals surface area contributed by atoms with E-state index in [0.717, 1.165) is 27.5 Å². The normalized spacial score (nSPS) is 13.2. The molecule has 4 heteroatoms. The second-order valence-electron chi connectivity index (χ2n) is 6.36. The first-order valence-corrected chi connectivity index (χ1v) is 17.1. The fourth-order valence-electron chi connectivity index (χ4n) is 2.57. The molecule has 0 spiro atoms. The van der Waals surface area contributed by atoms with E-state index in [1.807, 2.05) is 18.2 Å². The maximum atomic E-state index is 6.11. The molecule has 0 amide bonds. The van der Waals surface area contributed by atoms with Crippen molar-refractivity contribution < 1.29 is 4.42 Å². The topological polar surface area (TPSA) is 51.5 Å². The molecule has 0 bridgehead atoms. The first-order chi connectivity index (χ1) is 9.91. The second-order valence-corrected chi connectivity index (χ2v) is 20.8. The molecule has 1 aromatic heterocycles. The molecule has 0 aliphatic heterocycles. The van der Waals surface area contributed by atoms with Gasteiger partial charge < -0.3 is 0 Å². The van der Waals surface area contributed by atoms with E-state index in [0.29, 0.717) is 5.84 Å². The molecule has 3 aromatic rings. The predicted octanol–water partition coefficient (Wildman–Crippen LogP) is 3.47. The Balaban J connectivity index is 2.48. The van der Waals surface area contributed by atoms with Crippen LogP contribution in [0.15, 0.2) is 45.8 Å². The third kappa shape index (κ3) is 2.44. The van der Waals surface area contributed by atoms with Gasteiger partial charge in [-0.25, -0.2) is 0 Å². The zero-order valence-electron chi connectivity index (χ0n) is 12.9. The van der Waals surface area contributed by atoms with Crippen molar-refractivity contribution in [1.82, 2.24) is 0 Å². The molecule has 3 nitrogen and oxygen atoms in total. The van der Waals surface area contributed by atoms with Gasteiger partial charge in [0.25, 0.3) is 0 Å². The van der Waals surface area contributed by atoms with E-state index in [1.54, 1.807) is 7.05 Å². The number of nitrogens with two attached hydrogens (primary N) is 1. The van der Waals surface area contributed by atoms with Gasteiger partial charge in [0.2, 0.25) is 0 Å². The molecule has 108 valence electrons. The average Bonchev–Trinajstić information content (AvgIpc) is 2.83. The van der Waals surface area contributed by atoms with Gasteiger partial charge in [0, 0.05) is 0 Å². The van der Waals surface area contributed by atoms with Crippen molar-refractivity contribution in [2.45, 2.75) is 14.8 Å². The maximum absolute atomic E-state index is 6.11. The Morgan fingerprint density at radius 2 is 1.81 bits per heavy atom. The molecule has 0 fully saturated rings. The van der Waals surface area contributed by atoms with Crippen molar-refractivity contribution in [1.29, 1.82) is 0 Å². The van der Waals surface area contributed by atoms with E-state index in [1.165, 1.54) is 3.58 Å². The number of furan rings is 1. The van der Waals surface area contributed by atoms with E-state index >= 15 is 0 Å². The van der Waals surface area contributed by atoms with Crippen molar-refractivity contribution in [3.63, 3.8) is 0 Å². The van der Waals surface area contributed by atoms with Gasteiger partial charge in [-0.3, -0.25) is 0 Å². The summed E-state index contributed by atoms with van der Waals surface area (Å²) in [5.74, 6) is 0.538. The van der Waals surface area contributed by atoms with Gasteiger partial charge in [-0.15, -0.1) is 0 Å². The van der Waals surface area contributed by atoms with Gasteiger partial charge in [0.15, 0.2) is 0 Å². The van der Waals surface area contributed by atoms with Crippen molar-refractivity contribution in [3.05, 3.63) is 42.0 Å². The molecule has 0 aliphatic carbocycles. The van der Waals surface area contributed by atoms with Crippen LogP contribution in [-0.4, -0.2) is 31.3 Å². The summed E-state index contributed by atoms with van der Waals surface area (Å²) in [7, 11) is 1.72. The summed E-state index contributed by atoms with van der Waals surface area (Å²) in [6, 6.07) is 12.6. The number of para-hydroxylation sites is 1. The van der Waals surface area contributed by atoms with Gasteiger partial charge in [-0.2, -0.15) is 0 Å². The fraction of sp³-hybridized carbons (Fsp3) is 0.235. The number of fused-ring (bicyclic) bond motifs is 3. The molecule has 0 saturated carbocycles. The third-order valence-corrected chi connectivity index (χ3v) is 9.63. The molecule has 0 saturated heterocycles. The summed E-state index contributed by atoms with van der Waals surface area (Å²) in [5, 5.41) is 2.30. The summed E-state index contributed by atoms with van der Waals surface area (Å²) in [6.45, 7) is 0. The van der Waals surface area contributed by atoms with Crippen LogP contribution in [0.5, 0.6) is 0 Å². The Kier molecular flexibility index (Phi) is 3.48. The number of hydrogen-bond acceptors (Lipinski definition) is 2. The first-order valence-electron chi connectivity index (χ1n) is 7.10. The molecule has 0 aliphatic rings. The molecule has 0 radical (unpaired) electrons. The number of hydrogen-bond donors (Lipinski definition) is 1. The Morgan fingerprint density at radius 1 is 1.10 bits per heavy atom. The van der Waals surface area contributed by atoms with Gasteiger partial charge >= 0.3 is 129 Å². The summed E-state index contributed by atoms with van der Waals surface area (Å²) in [5.41, 5.74) is 8.78. The fourth-order valence-corrected chi connectivity index (χ4v) is 5.87. The Morgan fingerprint density at radius 3 is 2.48 bits per heavy atom. The Labute approximate surface area is 128 Å². The quantitative estimate of drug-likeness (QED) is 0.416. The van der Waals surface area contributed by atoms with Crippen LogP contribution >= 0.6 is 0 Å². The van der Waals surface area contributed by atoms with Crippen molar-refractivity contribution >= 4 is 49.7 Å². The summed E-state index contributed by atoms with van der Waals surface area (Å²) in [6.07, 6.45) is 0. The van der Waals surface area contributed by atoms with Gasteiger partial charge in [0.1, 0.15) is 0 Å². The van der Waals surface area contributed by atoms with E-state index in [-0.39, 0.29) is 0 Å². The molecule has 1 heterocycles. The van der Waals surface area contributed by atoms with Gasteiger partial charge in [0.05, 0.1) is 0 Å². The first kappa shape index (κ1) is 14.4. The third-order valence-electron chi connectivity index (χ3n) is 3.86. The molecular formula is C17H20N2OSn. The van der Waals surface area contributed by atoms with E-state index < -0.39 is 18.4 Å². The Bertz CT molecular complexity index is 856. The van der Waals surface area contributed by atoms with Crippen LogP contribution in [-0.2, 0) is 0 Å². The average molecular weight is 387 g/mol. The summed E-state index contributed by atoms with van der Waals surface area (Å²) < 4.78 is 7.47. The summed E-state index contributed by atoms with van der Waals surface area (Å²) >= 11 is -2.22. The van der Waals surface area contributed by atoms with Crippen LogP contribution < -0.4 is 9.31 Å². The van der Waals surface area contributed by atoms with Crippen LogP contribution in [0.3, 0.4) is 0 Å². The van der Waals surface area contributed by atoms with Crippen LogP contribution in [0.2, 0.25) is 14.8 Å². The number of rotatable bonds is 2. The molecule has 2 N–H and O–H groups in total. The minimum absolute atomic E-state index is 0.538. The van der Waals surface area contributed by atoms with Crippen LogP contribution in [0.1, 0.15) is 5.56 Å². The van der Waals surface area contributed by atoms with Gasteiger partial charge in [-0.1, -0.05) is 0 Å². The van der Waals surface area contributed by atoms with Crippen LogP contribution in [0, 0.1) is 0 Å². The number of nitrogens with zero attached hydrogens (tertiary/aromatic N) is 1. The van der Waals surface area contributed by atoms with Crippen molar-refractivity contribution in [2.24, 2.45) is 10.7 Å². The van der Waals surface area contributed by atoms with Gasteiger partial charge in [-0.05, 0) is 0 Å². The molecular weight excluding hydrogens is 367 g/mol. The molecule has 2 aromatic carbocycles. The molecule has 3 rings (SSSR count). The standard InChI is InChI=1S/C14H11N2O.3CH3.Sn/c1-16-14(15)11-7-4-6-10-9-5-2-3-8-12(9)17-13(10)11;;;;/h2-3,5-8H,1H3,(H2,15,16);3*1H3;. The number of benzene rings is 2. The van der Waals surface area contributed by atoms with Crippen LogP contribution in [0.25, 0.3) is 21.9 Å². The second kappa shape index (κ2) is 5.05. The molecule has 0 unspecified atom stereocenters. The monoisotopic (exact) mass is 388 g/mol. The van der Waals surface area contributed by atoms with Crippen molar-refractivity contribution in [3.8, 4) is 0 Å².